The smallest absolute Gasteiger partial charge is 0.264 e. The summed E-state index contributed by atoms with van der Waals surface area (Å²) in [6.45, 7) is 3.39. The molecule has 4 aromatic rings. The average molecular weight is 626 g/mol. The summed E-state index contributed by atoms with van der Waals surface area (Å²) in [5.41, 5.74) is 6.32. The Hall–Kier alpha value is -4.09. The summed E-state index contributed by atoms with van der Waals surface area (Å²) in [6, 6.07) is 22.4. The molecule has 0 aliphatic carbocycles. The first-order valence-electron chi connectivity index (χ1n) is 12.2. The normalized spacial score (nSPS) is 11.4. The first kappa shape index (κ1) is 28.9. The summed E-state index contributed by atoms with van der Waals surface area (Å²) in [6.07, 6.45) is 1.54. The molecule has 0 bridgehead atoms. The summed E-state index contributed by atoms with van der Waals surface area (Å²) in [5, 5.41) is 4.12. The zero-order valence-corrected chi connectivity index (χ0v) is 24.9. The van der Waals surface area contributed by atoms with Gasteiger partial charge in [-0.3, -0.25) is 9.10 Å². The molecule has 0 spiro atoms. The van der Waals surface area contributed by atoms with Crippen molar-refractivity contribution in [3.05, 3.63) is 100 Å². The van der Waals surface area contributed by atoms with Gasteiger partial charge in [0.2, 0.25) is 0 Å². The molecule has 4 rings (SSSR count). The SMILES string of the molecule is COc1ccc(OC)c(N(CC(=O)N/N=C\c2cc(C)n(-c3ccccc3Br)c2C)S(=O)(=O)c2ccccc2)c1. The number of amides is 1. The Morgan fingerprint density at radius 1 is 1.00 bits per heavy atom. The van der Waals surface area contributed by atoms with Crippen LogP contribution in [0.2, 0.25) is 0 Å². The highest BCUT2D eigenvalue weighted by atomic mass is 79.9. The van der Waals surface area contributed by atoms with Crippen LogP contribution in [0.3, 0.4) is 0 Å². The second kappa shape index (κ2) is 12.4. The first-order chi connectivity index (χ1) is 19.2. The van der Waals surface area contributed by atoms with Gasteiger partial charge < -0.3 is 14.0 Å². The van der Waals surface area contributed by atoms with Gasteiger partial charge in [0.05, 0.1) is 36.7 Å². The second-order valence-electron chi connectivity index (χ2n) is 8.77. The van der Waals surface area contributed by atoms with Crippen molar-refractivity contribution in [2.24, 2.45) is 5.10 Å². The number of hydrazone groups is 1. The van der Waals surface area contributed by atoms with Crippen LogP contribution >= 0.6 is 15.9 Å². The van der Waals surface area contributed by atoms with E-state index >= 15 is 0 Å². The summed E-state index contributed by atoms with van der Waals surface area (Å²) in [4.78, 5) is 13.1. The highest BCUT2D eigenvalue weighted by Gasteiger charge is 2.30. The van der Waals surface area contributed by atoms with Gasteiger partial charge in [0.15, 0.2) is 0 Å². The van der Waals surface area contributed by atoms with Crippen LogP contribution in [0.1, 0.15) is 17.0 Å². The van der Waals surface area contributed by atoms with Crippen LogP contribution in [0.25, 0.3) is 5.69 Å². The van der Waals surface area contributed by atoms with Crippen LogP contribution < -0.4 is 19.2 Å². The Morgan fingerprint density at radius 3 is 2.38 bits per heavy atom. The number of nitrogens with zero attached hydrogens (tertiary/aromatic N) is 3. The minimum Gasteiger partial charge on any atom is -0.497 e. The van der Waals surface area contributed by atoms with Gasteiger partial charge >= 0.3 is 0 Å². The number of carbonyl (C=O) groups excluding carboxylic acids is 1. The molecule has 1 amide bonds. The number of para-hydroxylation sites is 1. The number of carbonyl (C=O) groups is 1. The summed E-state index contributed by atoms with van der Waals surface area (Å²) in [7, 11) is -1.26. The molecule has 1 aromatic heterocycles. The molecule has 0 saturated heterocycles. The van der Waals surface area contributed by atoms with Crippen LogP contribution in [0.5, 0.6) is 11.5 Å². The minimum atomic E-state index is -4.15. The number of halogens is 1. The highest BCUT2D eigenvalue weighted by molar-refractivity contribution is 9.10. The lowest BCUT2D eigenvalue weighted by Gasteiger charge is -2.25. The van der Waals surface area contributed by atoms with E-state index < -0.39 is 22.5 Å². The number of hydrogen-bond acceptors (Lipinski definition) is 6. The van der Waals surface area contributed by atoms with Crippen LogP contribution in [0, 0.1) is 13.8 Å². The fourth-order valence-corrected chi connectivity index (χ4v) is 6.18. The quantitative estimate of drug-likeness (QED) is 0.192. The van der Waals surface area contributed by atoms with Gasteiger partial charge in [-0.2, -0.15) is 5.10 Å². The van der Waals surface area contributed by atoms with Gasteiger partial charge in [0, 0.05) is 27.5 Å². The fraction of sp³-hybridized carbons (Fsp3) is 0.172. The largest absolute Gasteiger partial charge is 0.497 e. The number of anilines is 1. The molecule has 0 radical (unpaired) electrons. The number of nitrogens with one attached hydrogen (secondary N) is 1. The number of hydrogen-bond donors (Lipinski definition) is 1. The van der Waals surface area contributed by atoms with Crippen molar-refractivity contribution in [2.75, 3.05) is 25.1 Å². The molecular weight excluding hydrogens is 596 g/mol. The lowest BCUT2D eigenvalue weighted by molar-refractivity contribution is -0.119. The van der Waals surface area contributed by atoms with E-state index in [0.717, 1.165) is 31.4 Å². The van der Waals surface area contributed by atoms with Gasteiger partial charge in [0.1, 0.15) is 18.0 Å². The van der Waals surface area contributed by atoms with Crippen molar-refractivity contribution in [3.63, 3.8) is 0 Å². The van der Waals surface area contributed by atoms with Gasteiger partial charge in [-0.25, -0.2) is 13.8 Å². The molecule has 40 heavy (non-hydrogen) atoms. The summed E-state index contributed by atoms with van der Waals surface area (Å²) < 4.78 is 42.1. The standard InChI is InChI=1S/C29H29BrN4O5S/c1-20-16-22(21(2)34(20)26-13-9-8-12-25(26)30)18-31-32-29(35)19-33(40(36,37)24-10-6-5-7-11-24)27-17-23(38-3)14-15-28(27)39-4/h5-18H,19H2,1-4H3,(H,32,35)/b31-18-. The van der Waals surface area contributed by atoms with Crippen molar-refractivity contribution >= 4 is 43.8 Å². The first-order valence-corrected chi connectivity index (χ1v) is 14.5. The average Bonchev–Trinajstić information content (AvgIpc) is 3.24. The molecule has 1 N–H and O–H groups in total. The topological polar surface area (TPSA) is 102 Å². The number of aryl methyl sites for hydroxylation is 1. The van der Waals surface area contributed by atoms with Crippen molar-refractivity contribution in [3.8, 4) is 17.2 Å². The second-order valence-corrected chi connectivity index (χ2v) is 11.5. The van der Waals surface area contributed by atoms with E-state index in [9.17, 15) is 13.2 Å². The predicted octanol–water partition coefficient (Wildman–Crippen LogP) is 5.22. The summed E-state index contributed by atoms with van der Waals surface area (Å²) >= 11 is 3.59. The maximum Gasteiger partial charge on any atom is 0.264 e. The molecule has 0 fully saturated rings. The Labute approximate surface area is 242 Å². The minimum absolute atomic E-state index is 0.0238. The van der Waals surface area contributed by atoms with Gasteiger partial charge in [-0.1, -0.05) is 30.3 Å². The molecule has 0 aliphatic heterocycles. The maximum absolute atomic E-state index is 13.7. The summed E-state index contributed by atoms with van der Waals surface area (Å²) in [5.74, 6) is 0.0271. The van der Waals surface area contributed by atoms with Gasteiger partial charge in [-0.05, 0) is 72.2 Å². The van der Waals surface area contributed by atoms with Crippen LogP contribution in [-0.4, -0.2) is 45.9 Å². The van der Waals surface area contributed by atoms with Gasteiger partial charge in [0.25, 0.3) is 15.9 Å². The Kier molecular flexibility index (Phi) is 8.96. The fourth-order valence-electron chi connectivity index (χ4n) is 4.27. The van der Waals surface area contributed by atoms with E-state index in [1.807, 2.05) is 44.2 Å². The van der Waals surface area contributed by atoms with Crippen LogP contribution in [-0.2, 0) is 14.8 Å². The number of aromatic nitrogens is 1. The molecular formula is C29H29BrN4O5S. The van der Waals surface area contributed by atoms with E-state index in [0.29, 0.717) is 5.75 Å². The molecule has 0 unspecified atom stereocenters. The van der Waals surface area contributed by atoms with Gasteiger partial charge in [-0.15, -0.1) is 0 Å². The lowest BCUT2D eigenvalue weighted by Crippen LogP contribution is -2.39. The molecule has 0 aliphatic rings. The van der Waals surface area contributed by atoms with Crippen LogP contribution in [0.4, 0.5) is 5.69 Å². The van der Waals surface area contributed by atoms with Crippen LogP contribution in [0.15, 0.2) is 93.3 Å². The van der Waals surface area contributed by atoms with Crippen molar-refractivity contribution in [1.29, 1.82) is 0 Å². The zero-order valence-electron chi connectivity index (χ0n) is 22.5. The highest BCUT2D eigenvalue weighted by Crippen LogP contribution is 2.35. The Balaban J connectivity index is 1.62. The third kappa shape index (κ3) is 6.05. The Bertz CT molecular complexity index is 1650. The molecule has 1 heterocycles. The van der Waals surface area contributed by atoms with Crippen molar-refractivity contribution in [1.82, 2.24) is 9.99 Å². The molecule has 9 nitrogen and oxygen atoms in total. The number of rotatable bonds is 10. The number of methoxy groups -OCH3 is 2. The molecule has 11 heteroatoms. The van der Waals surface area contributed by atoms with E-state index in [2.05, 4.69) is 31.0 Å². The number of benzene rings is 3. The molecule has 208 valence electrons. The maximum atomic E-state index is 13.7. The molecule has 3 aromatic carbocycles. The number of ether oxygens (including phenoxy) is 2. The third-order valence-corrected chi connectivity index (χ3v) is 8.67. The van der Waals surface area contributed by atoms with E-state index in [-0.39, 0.29) is 16.3 Å². The molecule has 0 atom stereocenters. The third-order valence-electron chi connectivity index (χ3n) is 6.23. The monoisotopic (exact) mass is 624 g/mol. The van der Waals surface area contributed by atoms with Crippen molar-refractivity contribution < 1.29 is 22.7 Å². The lowest BCUT2D eigenvalue weighted by atomic mass is 10.2. The number of sulfonamides is 1. The zero-order chi connectivity index (χ0) is 28.9. The molecule has 0 saturated carbocycles. The van der Waals surface area contributed by atoms with E-state index in [1.165, 1.54) is 38.6 Å². The van der Waals surface area contributed by atoms with Crippen molar-refractivity contribution in [2.45, 2.75) is 18.7 Å². The Morgan fingerprint density at radius 2 is 1.70 bits per heavy atom. The predicted molar refractivity (Wildman–Crippen MR) is 159 cm³/mol. The van der Waals surface area contributed by atoms with E-state index in [1.54, 1.807) is 30.3 Å². The van der Waals surface area contributed by atoms with E-state index in [4.69, 9.17) is 9.47 Å².